The molecule has 3 aromatic carbocycles. The smallest absolute Gasteiger partial charge is 0.255 e. The number of hydrogen-bond donors (Lipinski definition) is 2. The highest BCUT2D eigenvalue weighted by molar-refractivity contribution is 7.89. The second-order valence-corrected chi connectivity index (χ2v) is 13.2. The summed E-state index contributed by atoms with van der Waals surface area (Å²) in [6.45, 7) is 2.99. The van der Waals surface area contributed by atoms with Gasteiger partial charge in [-0.25, -0.2) is 8.42 Å². The maximum Gasteiger partial charge on any atom is 0.255 e. The van der Waals surface area contributed by atoms with Crippen molar-refractivity contribution >= 4 is 27.5 Å². The molecule has 11 heteroatoms. The van der Waals surface area contributed by atoms with Crippen LogP contribution in [0.5, 0.6) is 5.75 Å². The minimum absolute atomic E-state index is 0.00262. The van der Waals surface area contributed by atoms with E-state index in [1.54, 1.807) is 73.7 Å². The molecule has 1 aliphatic heterocycles. The lowest BCUT2D eigenvalue weighted by atomic mass is 9.85. The van der Waals surface area contributed by atoms with Crippen LogP contribution in [0.25, 0.3) is 0 Å². The number of sulfonamides is 1. The maximum atomic E-state index is 13.9. The van der Waals surface area contributed by atoms with Gasteiger partial charge in [-0.15, -0.1) is 11.6 Å². The fourth-order valence-corrected chi connectivity index (χ4v) is 6.67. The standard InChI is InChI=1S/C32H38ClFN2O6S/c1-23-13-14-28(29(17-23)42-26-15-16-41-22-26)31(38)35-32(2,25-9-5-3-6-10-25)30(37)21-36(20-24(18-33)19-34)43(39,40)27-11-7-4-8-12-27/h3-14,17,24,26,30,37H,15-16,18-22H2,1-2H3,(H,35,38)/t24?,26-,30+,32-/m0/s1. The molecule has 0 spiro atoms. The summed E-state index contributed by atoms with van der Waals surface area (Å²) >= 11 is 5.95. The zero-order chi connectivity index (χ0) is 31.0. The zero-order valence-electron chi connectivity index (χ0n) is 24.3. The first kappa shape index (κ1) is 32.9. The number of alkyl halides is 2. The van der Waals surface area contributed by atoms with Gasteiger partial charge < -0.3 is 19.9 Å². The second-order valence-electron chi connectivity index (χ2n) is 11.0. The predicted molar refractivity (Wildman–Crippen MR) is 164 cm³/mol. The first-order valence-corrected chi connectivity index (χ1v) is 16.1. The molecular formula is C32H38ClFN2O6S. The molecule has 1 saturated heterocycles. The highest BCUT2D eigenvalue weighted by atomic mass is 35.5. The third kappa shape index (κ3) is 7.93. The highest BCUT2D eigenvalue weighted by Gasteiger charge is 2.41. The van der Waals surface area contributed by atoms with E-state index >= 15 is 0 Å². The number of halogens is 2. The second kappa shape index (κ2) is 14.6. The fourth-order valence-electron chi connectivity index (χ4n) is 4.95. The number of nitrogens with zero attached hydrogens (tertiary/aromatic N) is 1. The Hall–Kier alpha value is -3.02. The Morgan fingerprint density at radius 3 is 2.42 bits per heavy atom. The van der Waals surface area contributed by atoms with Crippen LogP contribution in [0.1, 0.15) is 34.8 Å². The van der Waals surface area contributed by atoms with Gasteiger partial charge in [0.1, 0.15) is 11.9 Å². The van der Waals surface area contributed by atoms with Crippen LogP contribution < -0.4 is 10.1 Å². The Balaban J connectivity index is 1.69. The number of aryl methyl sites for hydroxylation is 1. The van der Waals surface area contributed by atoms with Crippen molar-refractivity contribution in [2.75, 3.05) is 38.9 Å². The van der Waals surface area contributed by atoms with E-state index in [2.05, 4.69) is 5.32 Å². The van der Waals surface area contributed by atoms with Crippen molar-refractivity contribution < 1.29 is 32.2 Å². The first-order valence-electron chi connectivity index (χ1n) is 14.2. The average Bonchev–Trinajstić information content (AvgIpc) is 3.53. The van der Waals surface area contributed by atoms with Crippen LogP contribution in [-0.2, 0) is 20.3 Å². The Labute approximate surface area is 257 Å². The number of aliphatic hydroxyl groups excluding tert-OH is 1. The van der Waals surface area contributed by atoms with E-state index in [-0.39, 0.29) is 29.0 Å². The number of amides is 1. The topological polar surface area (TPSA) is 105 Å². The van der Waals surface area contributed by atoms with Gasteiger partial charge in [0.05, 0.1) is 42.0 Å². The van der Waals surface area contributed by atoms with Crippen molar-refractivity contribution in [2.45, 2.75) is 42.9 Å². The number of carbonyl (C=O) groups is 1. The quantitative estimate of drug-likeness (QED) is 0.250. The number of ether oxygens (including phenoxy) is 2. The van der Waals surface area contributed by atoms with Crippen LogP contribution in [0.3, 0.4) is 0 Å². The number of hydrogen-bond acceptors (Lipinski definition) is 6. The summed E-state index contributed by atoms with van der Waals surface area (Å²) in [6, 6.07) is 21.8. The van der Waals surface area contributed by atoms with Crippen molar-refractivity contribution in [3.63, 3.8) is 0 Å². The first-order chi connectivity index (χ1) is 20.6. The van der Waals surface area contributed by atoms with Crippen molar-refractivity contribution in [3.8, 4) is 5.75 Å². The summed E-state index contributed by atoms with van der Waals surface area (Å²) in [4.78, 5) is 13.9. The van der Waals surface area contributed by atoms with Gasteiger partial charge in [-0.1, -0.05) is 54.6 Å². The van der Waals surface area contributed by atoms with Crippen LogP contribution in [0, 0.1) is 12.8 Å². The highest BCUT2D eigenvalue weighted by Crippen LogP contribution is 2.30. The van der Waals surface area contributed by atoms with E-state index in [0.29, 0.717) is 30.9 Å². The molecule has 3 aromatic rings. The molecule has 1 unspecified atom stereocenters. The Kier molecular flexibility index (Phi) is 11.2. The van der Waals surface area contributed by atoms with E-state index in [9.17, 15) is 22.7 Å². The lowest BCUT2D eigenvalue weighted by Gasteiger charge is -2.39. The zero-order valence-corrected chi connectivity index (χ0v) is 25.9. The Morgan fingerprint density at radius 2 is 1.81 bits per heavy atom. The third-order valence-electron chi connectivity index (χ3n) is 7.63. The van der Waals surface area contributed by atoms with Crippen LogP contribution in [0.15, 0.2) is 83.8 Å². The molecule has 0 radical (unpaired) electrons. The molecule has 1 amide bonds. The lowest BCUT2D eigenvalue weighted by Crippen LogP contribution is -2.56. The van der Waals surface area contributed by atoms with E-state index < -0.39 is 46.7 Å². The van der Waals surface area contributed by atoms with Crippen molar-refractivity contribution in [2.24, 2.45) is 5.92 Å². The van der Waals surface area contributed by atoms with Crippen molar-refractivity contribution in [3.05, 3.63) is 95.6 Å². The molecule has 0 aliphatic carbocycles. The van der Waals surface area contributed by atoms with E-state index in [4.69, 9.17) is 21.1 Å². The summed E-state index contributed by atoms with van der Waals surface area (Å²) in [5.41, 5.74) is 0.249. The molecular weight excluding hydrogens is 595 g/mol. The normalized spacial score (nSPS) is 18.1. The molecule has 0 bridgehead atoms. The van der Waals surface area contributed by atoms with Gasteiger partial charge in [-0.3, -0.25) is 9.18 Å². The summed E-state index contributed by atoms with van der Waals surface area (Å²) in [6.07, 6.45) is -0.948. The largest absolute Gasteiger partial charge is 0.487 e. The molecule has 1 aliphatic rings. The van der Waals surface area contributed by atoms with Crippen LogP contribution in [0.2, 0.25) is 0 Å². The van der Waals surface area contributed by atoms with E-state index in [1.807, 2.05) is 6.92 Å². The van der Waals surface area contributed by atoms with Gasteiger partial charge in [0.2, 0.25) is 10.0 Å². The summed E-state index contributed by atoms with van der Waals surface area (Å²) in [7, 11) is -4.16. The Morgan fingerprint density at radius 1 is 1.14 bits per heavy atom. The Bertz CT molecular complexity index is 1450. The molecule has 1 fully saturated rings. The molecule has 1 heterocycles. The molecule has 4 atom stereocenters. The summed E-state index contributed by atoms with van der Waals surface area (Å²) < 4.78 is 53.8. The molecule has 0 saturated carbocycles. The number of carbonyl (C=O) groups excluding carboxylic acids is 1. The van der Waals surface area contributed by atoms with E-state index in [1.165, 1.54) is 12.1 Å². The van der Waals surface area contributed by atoms with Gasteiger partial charge >= 0.3 is 0 Å². The summed E-state index contributed by atoms with van der Waals surface area (Å²) in [5.74, 6) is -1.03. The minimum atomic E-state index is -4.16. The van der Waals surface area contributed by atoms with Crippen LogP contribution in [0.4, 0.5) is 4.39 Å². The van der Waals surface area contributed by atoms with Crippen molar-refractivity contribution in [1.29, 1.82) is 0 Å². The fraction of sp³-hybridized carbons (Fsp3) is 0.406. The monoisotopic (exact) mass is 632 g/mol. The number of benzene rings is 3. The number of rotatable bonds is 14. The molecule has 8 nitrogen and oxygen atoms in total. The molecule has 4 rings (SSSR count). The van der Waals surface area contributed by atoms with E-state index in [0.717, 1.165) is 9.87 Å². The molecule has 0 aromatic heterocycles. The molecule has 2 N–H and O–H groups in total. The van der Waals surface area contributed by atoms with Crippen LogP contribution >= 0.6 is 11.6 Å². The summed E-state index contributed by atoms with van der Waals surface area (Å²) in [5, 5.41) is 14.8. The minimum Gasteiger partial charge on any atom is -0.487 e. The molecule has 43 heavy (non-hydrogen) atoms. The lowest BCUT2D eigenvalue weighted by molar-refractivity contribution is 0.0432. The number of nitrogens with one attached hydrogen (secondary N) is 1. The van der Waals surface area contributed by atoms with Gasteiger partial charge in [0.15, 0.2) is 0 Å². The number of aliphatic hydroxyl groups is 1. The molecule has 232 valence electrons. The van der Waals surface area contributed by atoms with Crippen LogP contribution in [-0.4, -0.2) is 74.8 Å². The van der Waals surface area contributed by atoms with Gasteiger partial charge in [-0.2, -0.15) is 4.31 Å². The maximum absolute atomic E-state index is 13.9. The third-order valence-corrected chi connectivity index (χ3v) is 9.91. The van der Waals surface area contributed by atoms with Crippen molar-refractivity contribution in [1.82, 2.24) is 9.62 Å². The SMILES string of the molecule is Cc1ccc(C(=O)N[C@@](C)(c2ccccc2)[C@H](O)CN(CC(CF)CCl)S(=O)(=O)c2ccccc2)c(O[C@H]2CCOC2)c1. The van der Waals surface area contributed by atoms with Gasteiger partial charge in [0.25, 0.3) is 5.91 Å². The average molecular weight is 633 g/mol. The van der Waals surface area contributed by atoms with Gasteiger partial charge in [0, 0.05) is 31.3 Å². The predicted octanol–water partition coefficient (Wildman–Crippen LogP) is 4.68. The van der Waals surface area contributed by atoms with Gasteiger partial charge in [-0.05, 0) is 49.2 Å².